The first-order valence-corrected chi connectivity index (χ1v) is 6.59. The predicted molar refractivity (Wildman–Crippen MR) is 64.7 cm³/mol. The lowest BCUT2D eigenvalue weighted by Gasteiger charge is -2.21. The van der Waals surface area contributed by atoms with Gasteiger partial charge in [-0.1, -0.05) is 30.3 Å². The Morgan fingerprint density at radius 1 is 1.33 bits per heavy atom. The fourth-order valence-corrected chi connectivity index (χ4v) is 2.71. The van der Waals surface area contributed by atoms with Crippen molar-refractivity contribution >= 4 is 11.8 Å². The van der Waals surface area contributed by atoms with Crippen LogP contribution in [0.5, 0.6) is 0 Å². The Kier molecular flexibility index (Phi) is 4.51. The highest BCUT2D eigenvalue weighted by atomic mass is 32.2. The molecule has 1 aliphatic heterocycles. The molecule has 1 fully saturated rings. The molecule has 82 valence electrons. The Hall–Kier alpha value is -0.510. The van der Waals surface area contributed by atoms with Gasteiger partial charge in [-0.2, -0.15) is 17.2 Å². The first kappa shape index (κ1) is 11.0. The highest BCUT2D eigenvalue weighted by Crippen LogP contribution is 2.16. The number of hydroxylamine groups is 1. The molecule has 1 N–H and O–H groups in total. The highest BCUT2D eigenvalue weighted by molar-refractivity contribution is 7.99. The molecule has 1 saturated heterocycles. The summed E-state index contributed by atoms with van der Waals surface area (Å²) in [4.78, 5) is 5.50. The zero-order valence-electron chi connectivity index (χ0n) is 8.82. The van der Waals surface area contributed by atoms with Crippen LogP contribution < -0.4 is 5.48 Å². The SMILES string of the molecule is c1ccc(CONC2CCCSC2)cc1. The van der Waals surface area contributed by atoms with E-state index in [0.29, 0.717) is 12.6 Å². The van der Waals surface area contributed by atoms with Crippen LogP contribution in [0.15, 0.2) is 30.3 Å². The van der Waals surface area contributed by atoms with Crippen LogP contribution in [0.2, 0.25) is 0 Å². The molecule has 0 aromatic heterocycles. The summed E-state index contributed by atoms with van der Waals surface area (Å²) in [6.45, 7) is 0.655. The Labute approximate surface area is 95.4 Å². The van der Waals surface area contributed by atoms with E-state index < -0.39 is 0 Å². The second-order valence-corrected chi connectivity index (χ2v) is 4.96. The average molecular weight is 223 g/mol. The predicted octanol–water partition coefficient (Wildman–Crippen LogP) is 2.60. The largest absolute Gasteiger partial charge is 0.297 e. The molecule has 15 heavy (non-hydrogen) atoms. The molecular weight excluding hydrogens is 206 g/mol. The van der Waals surface area contributed by atoms with Gasteiger partial charge in [-0.25, -0.2) is 0 Å². The van der Waals surface area contributed by atoms with Gasteiger partial charge in [-0.15, -0.1) is 0 Å². The third-order valence-corrected chi connectivity index (χ3v) is 3.71. The smallest absolute Gasteiger partial charge is 0.0933 e. The second kappa shape index (κ2) is 6.16. The van der Waals surface area contributed by atoms with Crippen LogP contribution in [0.3, 0.4) is 0 Å². The van der Waals surface area contributed by atoms with Crippen LogP contribution >= 0.6 is 11.8 Å². The first-order valence-electron chi connectivity index (χ1n) is 5.44. The molecule has 1 unspecified atom stereocenters. The fourth-order valence-electron chi connectivity index (χ4n) is 1.65. The molecule has 0 aliphatic carbocycles. The highest BCUT2D eigenvalue weighted by Gasteiger charge is 2.12. The van der Waals surface area contributed by atoms with Gasteiger partial charge in [-0.05, 0) is 24.2 Å². The molecule has 1 atom stereocenters. The average Bonchev–Trinajstić information content (AvgIpc) is 2.32. The lowest BCUT2D eigenvalue weighted by molar-refractivity contribution is 0.00624. The van der Waals surface area contributed by atoms with Crippen molar-refractivity contribution in [3.05, 3.63) is 35.9 Å². The zero-order valence-corrected chi connectivity index (χ0v) is 9.63. The topological polar surface area (TPSA) is 21.3 Å². The second-order valence-electron chi connectivity index (χ2n) is 3.81. The van der Waals surface area contributed by atoms with Gasteiger partial charge in [0, 0.05) is 11.8 Å². The lowest BCUT2D eigenvalue weighted by Crippen LogP contribution is -2.33. The van der Waals surface area contributed by atoms with Gasteiger partial charge < -0.3 is 0 Å². The summed E-state index contributed by atoms with van der Waals surface area (Å²) >= 11 is 2.01. The molecule has 1 heterocycles. The molecule has 2 nitrogen and oxygen atoms in total. The van der Waals surface area contributed by atoms with Crippen molar-refractivity contribution in [2.75, 3.05) is 11.5 Å². The summed E-state index contributed by atoms with van der Waals surface area (Å²) in [5.74, 6) is 2.48. The summed E-state index contributed by atoms with van der Waals surface area (Å²) < 4.78 is 0. The summed E-state index contributed by atoms with van der Waals surface area (Å²) in [7, 11) is 0. The quantitative estimate of drug-likeness (QED) is 0.793. The van der Waals surface area contributed by atoms with Gasteiger partial charge in [0.1, 0.15) is 0 Å². The van der Waals surface area contributed by atoms with E-state index >= 15 is 0 Å². The van der Waals surface area contributed by atoms with Crippen molar-refractivity contribution in [1.82, 2.24) is 5.48 Å². The molecular formula is C12H17NOS. The normalized spacial score (nSPS) is 21.5. The van der Waals surface area contributed by atoms with Crippen molar-refractivity contribution in [2.45, 2.75) is 25.5 Å². The number of benzene rings is 1. The van der Waals surface area contributed by atoms with Gasteiger partial charge in [-0.3, -0.25) is 4.84 Å². The van der Waals surface area contributed by atoms with Crippen molar-refractivity contribution in [3.8, 4) is 0 Å². The van der Waals surface area contributed by atoms with E-state index in [2.05, 4.69) is 17.6 Å². The van der Waals surface area contributed by atoms with Gasteiger partial charge in [0.2, 0.25) is 0 Å². The minimum absolute atomic E-state index is 0.535. The number of hydrogen-bond acceptors (Lipinski definition) is 3. The van der Waals surface area contributed by atoms with Crippen LogP contribution in [0, 0.1) is 0 Å². The summed E-state index contributed by atoms with van der Waals surface area (Å²) in [5.41, 5.74) is 4.37. The minimum Gasteiger partial charge on any atom is -0.297 e. The van der Waals surface area contributed by atoms with Crippen molar-refractivity contribution in [2.24, 2.45) is 0 Å². The molecule has 0 spiro atoms. The summed E-state index contributed by atoms with van der Waals surface area (Å²) in [6, 6.07) is 10.8. The number of rotatable bonds is 4. The third-order valence-electron chi connectivity index (χ3n) is 2.49. The molecule has 0 radical (unpaired) electrons. The van der Waals surface area contributed by atoms with Crippen LogP contribution in [-0.4, -0.2) is 17.5 Å². The van der Waals surface area contributed by atoms with Crippen LogP contribution in [0.25, 0.3) is 0 Å². The van der Waals surface area contributed by atoms with E-state index in [1.54, 1.807) is 0 Å². The monoisotopic (exact) mass is 223 g/mol. The Balaban J connectivity index is 1.66. The van der Waals surface area contributed by atoms with Crippen molar-refractivity contribution in [3.63, 3.8) is 0 Å². The number of thioether (sulfide) groups is 1. The maximum absolute atomic E-state index is 5.50. The molecule has 1 aromatic carbocycles. The Bertz CT molecular complexity index is 272. The Morgan fingerprint density at radius 3 is 2.93 bits per heavy atom. The molecule has 1 aliphatic rings. The molecule has 1 aromatic rings. The zero-order chi connectivity index (χ0) is 10.3. The van der Waals surface area contributed by atoms with Gasteiger partial charge in [0.15, 0.2) is 0 Å². The summed E-state index contributed by atoms with van der Waals surface area (Å²) in [6.07, 6.45) is 2.54. The van der Waals surface area contributed by atoms with E-state index in [4.69, 9.17) is 4.84 Å². The lowest BCUT2D eigenvalue weighted by atomic mass is 10.2. The van der Waals surface area contributed by atoms with Gasteiger partial charge in [0.25, 0.3) is 0 Å². The number of hydrogen-bond donors (Lipinski definition) is 1. The molecule has 0 amide bonds. The van der Waals surface area contributed by atoms with Crippen LogP contribution in [0.4, 0.5) is 0 Å². The maximum Gasteiger partial charge on any atom is 0.0933 e. The maximum atomic E-state index is 5.50. The van der Waals surface area contributed by atoms with E-state index in [-0.39, 0.29) is 0 Å². The van der Waals surface area contributed by atoms with Crippen molar-refractivity contribution in [1.29, 1.82) is 0 Å². The van der Waals surface area contributed by atoms with E-state index in [1.165, 1.54) is 29.9 Å². The molecule has 3 heteroatoms. The van der Waals surface area contributed by atoms with Gasteiger partial charge >= 0.3 is 0 Å². The first-order chi connectivity index (χ1) is 7.45. The third kappa shape index (κ3) is 3.86. The van der Waals surface area contributed by atoms with E-state index in [0.717, 1.165) is 0 Å². The van der Waals surface area contributed by atoms with Crippen LogP contribution in [0.1, 0.15) is 18.4 Å². The van der Waals surface area contributed by atoms with Crippen molar-refractivity contribution < 1.29 is 4.84 Å². The fraction of sp³-hybridized carbons (Fsp3) is 0.500. The number of nitrogens with one attached hydrogen (secondary N) is 1. The minimum atomic E-state index is 0.535. The Morgan fingerprint density at radius 2 is 2.20 bits per heavy atom. The summed E-state index contributed by atoms with van der Waals surface area (Å²) in [5, 5.41) is 0. The van der Waals surface area contributed by atoms with E-state index in [1.807, 2.05) is 30.0 Å². The molecule has 0 saturated carbocycles. The molecule has 0 bridgehead atoms. The molecule has 2 rings (SSSR count). The standard InChI is InChI=1S/C12H17NOS/c1-2-5-11(6-3-1)9-14-13-12-7-4-8-15-10-12/h1-3,5-6,12-13H,4,7-10H2. The van der Waals surface area contributed by atoms with Crippen LogP contribution in [-0.2, 0) is 11.4 Å². The van der Waals surface area contributed by atoms with E-state index in [9.17, 15) is 0 Å². The van der Waals surface area contributed by atoms with Gasteiger partial charge in [0.05, 0.1) is 6.61 Å².